The first-order valence-corrected chi connectivity index (χ1v) is 10.3. The highest BCUT2D eigenvalue weighted by atomic mass is 35.5. The van der Waals surface area contributed by atoms with Crippen LogP contribution >= 0.6 is 11.6 Å². The van der Waals surface area contributed by atoms with Gasteiger partial charge in [0.15, 0.2) is 0 Å². The van der Waals surface area contributed by atoms with Crippen molar-refractivity contribution in [3.8, 4) is 17.2 Å². The van der Waals surface area contributed by atoms with Crippen molar-refractivity contribution in [2.45, 2.75) is 26.2 Å². The number of amides is 1. The summed E-state index contributed by atoms with van der Waals surface area (Å²) < 4.78 is 1.56. The lowest BCUT2D eigenvalue weighted by Gasteiger charge is -2.24. The first-order valence-electron chi connectivity index (χ1n) is 9.91. The number of carbonyl (C=O) groups is 1. The molecule has 7 nitrogen and oxygen atoms in total. The number of rotatable bonds is 3. The molecule has 0 aliphatic carbocycles. The zero-order valence-corrected chi connectivity index (χ0v) is 17.8. The van der Waals surface area contributed by atoms with E-state index in [1.165, 1.54) is 0 Å². The smallest absolute Gasteiger partial charge is 0.272 e. The number of fused-ring (bicyclic) bond motifs is 1. The van der Waals surface area contributed by atoms with Crippen LogP contribution in [-0.2, 0) is 4.79 Å². The van der Waals surface area contributed by atoms with Gasteiger partial charge in [0, 0.05) is 28.5 Å². The molecule has 1 amide bonds. The molecule has 0 bridgehead atoms. The zero-order valence-electron chi connectivity index (χ0n) is 17.0. The van der Waals surface area contributed by atoms with E-state index in [0.717, 1.165) is 27.9 Å². The second kappa shape index (κ2) is 7.59. The molecule has 0 fully saturated rings. The Labute approximate surface area is 184 Å². The van der Waals surface area contributed by atoms with E-state index in [4.69, 9.17) is 11.6 Å². The van der Waals surface area contributed by atoms with Crippen molar-refractivity contribution in [3.63, 3.8) is 0 Å². The number of aryl methyl sites for hydroxylation is 2. The molecule has 2 aromatic heterocycles. The minimum absolute atomic E-state index is 0.0960. The van der Waals surface area contributed by atoms with Crippen molar-refractivity contribution >= 4 is 23.3 Å². The van der Waals surface area contributed by atoms with Gasteiger partial charge in [-0.2, -0.15) is 14.9 Å². The van der Waals surface area contributed by atoms with Crippen LogP contribution in [0.3, 0.4) is 0 Å². The topological polar surface area (TPSA) is 85.6 Å². The summed E-state index contributed by atoms with van der Waals surface area (Å²) in [5.74, 6) is 0.627. The molecule has 31 heavy (non-hydrogen) atoms. The molecule has 0 saturated carbocycles. The summed E-state index contributed by atoms with van der Waals surface area (Å²) in [7, 11) is 0. The number of aromatic nitrogens is 5. The van der Waals surface area contributed by atoms with Gasteiger partial charge in [-0.25, -0.2) is 4.98 Å². The second-order valence-corrected chi connectivity index (χ2v) is 8.06. The Kier molecular flexibility index (Phi) is 4.75. The Morgan fingerprint density at radius 2 is 1.94 bits per heavy atom. The molecule has 0 spiro atoms. The molecular formula is C23H19ClN6O. The van der Waals surface area contributed by atoms with Crippen LogP contribution in [0.4, 0.5) is 5.82 Å². The van der Waals surface area contributed by atoms with Crippen molar-refractivity contribution in [1.82, 2.24) is 25.0 Å². The maximum absolute atomic E-state index is 12.6. The maximum Gasteiger partial charge on any atom is 0.272 e. The molecule has 4 aromatic rings. The Morgan fingerprint density at radius 1 is 1.13 bits per heavy atom. The highest BCUT2D eigenvalue weighted by Crippen LogP contribution is 2.40. The van der Waals surface area contributed by atoms with Gasteiger partial charge in [-0.05, 0) is 31.5 Å². The molecule has 2 aromatic carbocycles. The molecule has 0 saturated heterocycles. The Bertz CT molecular complexity index is 1300. The minimum Gasteiger partial charge on any atom is -0.310 e. The van der Waals surface area contributed by atoms with E-state index in [0.29, 0.717) is 28.9 Å². The molecule has 1 N–H and O–H groups in total. The average molecular weight is 431 g/mol. The number of halogens is 1. The van der Waals surface area contributed by atoms with Crippen LogP contribution in [0.5, 0.6) is 0 Å². The fraction of sp³-hybridized carbons (Fsp3) is 0.174. The summed E-state index contributed by atoms with van der Waals surface area (Å²) in [6, 6.07) is 15.6. The van der Waals surface area contributed by atoms with Crippen LogP contribution in [0, 0.1) is 13.8 Å². The first kappa shape index (κ1) is 19.4. The second-order valence-electron chi connectivity index (χ2n) is 7.63. The number of hydrogen-bond donors (Lipinski definition) is 1. The molecular weight excluding hydrogens is 412 g/mol. The Balaban J connectivity index is 1.61. The molecule has 1 aliphatic heterocycles. The molecule has 1 atom stereocenters. The SMILES string of the molecule is Cc1ccc(-c2cnnc(-n3nc(C)c4c3NC(=O)CC4c3cccc(Cl)c3)n2)cc1. The predicted molar refractivity (Wildman–Crippen MR) is 118 cm³/mol. The summed E-state index contributed by atoms with van der Waals surface area (Å²) in [6.45, 7) is 3.95. The molecule has 0 radical (unpaired) electrons. The van der Waals surface area contributed by atoms with Gasteiger partial charge in [0.25, 0.3) is 5.95 Å². The number of benzene rings is 2. The van der Waals surface area contributed by atoms with Crippen molar-refractivity contribution < 1.29 is 4.79 Å². The molecule has 154 valence electrons. The Morgan fingerprint density at radius 3 is 2.71 bits per heavy atom. The Hall–Kier alpha value is -3.58. The van der Waals surface area contributed by atoms with Crippen molar-refractivity contribution in [2.75, 3.05) is 5.32 Å². The highest BCUT2D eigenvalue weighted by Gasteiger charge is 2.33. The molecule has 1 aliphatic rings. The summed E-state index contributed by atoms with van der Waals surface area (Å²) in [5.41, 5.74) is 5.48. The van der Waals surface area contributed by atoms with E-state index in [-0.39, 0.29) is 11.8 Å². The van der Waals surface area contributed by atoms with Crippen molar-refractivity contribution in [1.29, 1.82) is 0 Å². The standard InChI is InChI=1S/C23H19ClN6O/c1-13-6-8-15(9-7-13)19-12-25-28-23(26-19)30-22-21(14(2)29-30)18(11-20(31)27-22)16-4-3-5-17(24)10-16/h3-10,12,18H,11H2,1-2H3,(H,27,31). The van der Waals surface area contributed by atoms with Crippen molar-refractivity contribution in [2.24, 2.45) is 0 Å². The maximum atomic E-state index is 12.6. The minimum atomic E-state index is -0.149. The number of nitrogens with zero attached hydrogens (tertiary/aromatic N) is 5. The predicted octanol–water partition coefficient (Wildman–Crippen LogP) is 4.47. The van der Waals surface area contributed by atoms with E-state index in [1.807, 2.05) is 62.4 Å². The number of carbonyl (C=O) groups excluding carboxylic acids is 1. The first-order chi connectivity index (χ1) is 15.0. The van der Waals surface area contributed by atoms with Crippen LogP contribution < -0.4 is 5.32 Å². The van der Waals surface area contributed by atoms with E-state index in [9.17, 15) is 4.79 Å². The fourth-order valence-corrected chi connectivity index (χ4v) is 4.15. The lowest BCUT2D eigenvalue weighted by atomic mass is 9.86. The van der Waals surface area contributed by atoms with Crippen molar-refractivity contribution in [3.05, 3.63) is 82.1 Å². The quantitative estimate of drug-likeness (QED) is 0.518. The lowest BCUT2D eigenvalue weighted by Crippen LogP contribution is -2.25. The van der Waals surface area contributed by atoms with Gasteiger partial charge in [0.1, 0.15) is 5.82 Å². The fourth-order valence-electron chi connectivity index (χ4n) is 3.95. The van der Waals surface area contributed by atoms with Gasteiger partial charge in [-0.15, -0.1) is 5.10 Å². The summed E-state index contributed by atoms with van der Waals surface area (Å²) in [6.07, 6.45) is 1.94. The average Bonchev–Trinajstić information content (AvgIpc) is 3.10. The molecule has 1 unspecified atom stereocenters. The van der Waals surface area contributed by atoms with Crippen LogP contribution in [-0.4, -0.2) is 30.9 Å². The van der Waals surface area contributed by atoms with Gasteiger partial charge in [0.2, 0.25) is 5.91 Å². The van der Waals surface area contributed by atoms with E-state index < -0.39 is 0 Å². The molecule has 5 rings (SSSR count). The van der Waals surface area contributed by atoms with Gasteiger partial charge in [-0.3, -0.25) is 4.79 Å². The van der Waals surface area contributed by atoms with E-state index in [2.05, 4.69) is 25.6 Å². The number of hydrogen-bond acceptors (Lipinski definition) is 5. The van der Waals surface area contributed by atoms with Crippen LogP contribution in [0.25, 0.3) is 17.2 Å². The van der Waals surface area contributed by atoms with E-state index in [1.54, 1.807) is 10.9 Å². The summed E-state index contributed by atoms with van der Waals surface area (Å²) in [4.78, 5) is 17.2. The van der Waals surface area contributed by atoms with Gasteiger partial charge in [0.05, 0.1) is 17.6 Å². The summed E-state index contributed by atoms with van der Waals surface area (Å²) >= 11 is 6.20. The number of anilines is 1. The number of nitrogens with one attached hydrogen (secondary N) is 1. The monoisotopic (exact) mass is 430 g/mol. The molecule has 3 heterocycles. The van der Waals surface area contributed by atoms with Gasteiger partial charge >= 0.3 is 0 Å². The van der Waals surface area contributed by atoms with Crippen LogP contribution in [0.15, 0.2) is 54.7 Å². The van der Waals surface area contributed by atoms with Crippen LogP contribution in [0.1, 0.15) is 34.7 Å². The third kappa shape index (κ3) is 3.57. The largest absolute Gasteiger partial charge is 0.310 e. The third-order valence-corrected chi connectivity index (χ3v) is 5.67. The van der Waals surface area contributed by atoms with Gasteiger partial charge in [-0.1, -0.05) is 53.6 Å². The lowest BCUT2D eigenvalue weighted by molar-refractivity contribution is -0.116. The van der Waals surface area contributed by atoms with E-state index >= 15 is 0 Å². The van der Waals surface area contributed by atoms with Crippen LogP contribution in [0.2, 0.25) is 5.02 Å². The molecule has 8 heteroatoms. The normalized spacial score (nSPS) is 15.5. The summed E-state index contributed by atoms with van der Waals surface area (Å²) in [5, 5.41) is 16.5. The zero-order chi connectivity index (χ0) is 21.5. The highest BCUT2D eigenvalue weighted by molar-refractivity contribution is 6.30. The van der Waals surface area contributed by atoms with Gasteiger partial charge < -0.3 is 5.32 Å². The third-order valence-electron chi connectivity index (χ3n) is 5.44.